The standard InChI is InChI=1S/C11H18N2O3/c1-7(2)9(11(15)16-4)10(14)8-5-12-6-13(8)3/h5-7,9-10,14H,1-4H3. The molecule has 0 radical (unpaired) electrons. The fourth-order valence-electron chi connectivity index (χ4n) is 1.74. The van der Waals surface area contributed by atoms with Gasteiger partial charge in [0.2, 0.25) is 0 Å². The Hall–Kier alpha value is -1.36. The van der Waals surface area contributed by atoms with Gasteiger partial charge in [0.15, 0.2) is 0 Å². The number of imidazole rings is 1. The fraction of sp³-hybridized carbons (Fsp3) is 0.636. The summed E-state index contributed by atoms with van der Waals surface area (Å²) in [6.45, 7) is 3.75. The van der Waals surface area contributed by atoms with E-state index in [4.69, 9.17) is 4.74 Å². The van der Waals surface area contributed by atoms with Crippen molar-refractivity contribution in [3.8, 4) is 0 Å². The lowest BCUT2D eigenvalue weighted by molar-refractivity contribution is -0.152. The lowest BCUT2D eigenvalue weighted by Gasteiger charge is -2.23. The van der Waals surface area contributed by atoms with Gasteiger partial charge in [0, 0.05) is 7.05 Å². The Morgan fingerprint density at radius 1 is 1.56 bits per heavy atom. The summed E-state index contributed by atoms with van der Waals surface area (Å²) in [7, 11) is 3.11. The van der Waals surface area contributed by atoms with Crippen molar-refractivity contribution in [2.45, 2.75) is 20.0 Å². The highest BCUT2D eigenvalue weighted by molar-refractivity contribution is 5.73. The number of hydrogen-bond acceptors (Lipinski definition) is 4. The maximum Gasteiger partial charge on any atom is 0.311 e. The van der Waals surface area contributed by atoms with E-state index in [2.05, 4.69) is 4.98 Å². The van der Waals surface area contributed by atoms with E-state index in [1.165, 1.54) is 7.11 Å². The molecule has 1 aromatic rings. The molecule has 0 aliphatic rings. The third-order valence-corrected chi connectivity index (χ3v) is 2.69. The first kappa shape index (κ1) is 12.7. The van der Waals surface area contributed by atoms with Crippen LogP contribution in [-0.2, 0) is 16.6 Å². The Balaban J connectivity index is 2.96. The van der Waals surface area contributed by atoms with Gasteiger partial charge >= 0.3 is 5.97 Å². The van der Waals surface area contributed by atoms with Gasteiger partial charge in [-0.05, 0) is 5.92 Å². The van der Waals surface area contributed by atoms with Crippen LogP contribution in [0.3, 0.4) is 0 Å². The number of hydrogen-bond donors (Lipinski definition) is 1. The summed E-state index contributed by atoms with van der Waals surface area (Å²) in [5.74, 6) is -0.971. The van der Waals surface area contributed by atoms with Gasteiger partial charge in [-0.25, -0.2) is 4.98 Å². The number of ether oxygens (including phenoxy) is 1. The van der Waals surface area contributed by atoms with E-state index in [1.54, 1.807) is 24.1 Å². The number of rotatable bonds is 4. The minimum atomic E-state index is -0.889. The van der Waals surface area contributed by atoms with Crippen LogP contribution in [-0.4, -0.2) is 27.7 Å². The van der Waals surface area contributed by atoms with Crippen LogP contribution < -0.4 is 0 Å². The first-order chi connectivity index (χ1) is 7.49. The van der Waals surface area contributed by atoms with Crippen LogP contribution in [0.4, 0.5) is 0 Å². The molecule has 1 rings (SSSR count). The first-order valence-corrected chi connectivity index (χ1v) is 5.21. The summed E-state index contributed by atoms with van der Waals surface area (Å²) < 4.78 is 6.40. The normalized spacial score (nSPS) is 14.9. The lowest BCUT2D eigenvalue weighted by atomic mass is 9.89. The van der Waals surface area contributed by atoms with Gasteiger partial charge in [0.25, 0.3) is 0 Å². The topological polar surface area (TPSA) is 64.3 Å². The quantitative estimate of drug-likeness (QED) is 0.775. The number of nitrogens with zero attached hydrogens (tertiary/aromatic N) is 2. The van der Waals surface area contributed by atoms with E-state index in [1.807, 2.05) is 13.8 Å². The highest BCUT2D eigenvalue weighted by atomic mass is 16.5. The number of aliphatic hydroxyl groups is 1. The third-order valence-electron chi connectivity index (χ3n) is 2.69. The van der Waals surface area contributed by atoms with Crippen LogP contribution in [0.2, 0.25) is 0 Å². The molecule has 1 aromatic heterocycles. The van der Waals surface area contributed by atoms with Crippen LogP contribution in [0, 0.1) is 11.8 Å². The van der Waals surface area contributed by atoms with Crippen molar-refractivity contribution >= 4 is 5.97 Å². The van der Waals surface area contributed by atoms with E-state index >= 15 is 0 Å². The second kappa shape index (κ2) is 5.12. The zero-order valence-corrected chi connectivity index (χ0v) is 10.0. The molecule has 0 aliphatic heterocycles. The maximum absolute atomic E-state index is 11.6. The summed E-state index contributed by atoms with van der Waals surface area (Å²) in [6, 6.07) is 0. The maximum atomic E-state index is 11.6. The zero-order valence-electron chi connectivity index (χ0n) is 10.0. The Morgan fingerprint density at radius 3 is 2.56 bits per heavy atom. The molecule has 5 nitrogen and oxygen atoms in total. The fourth-order valence-corrected chi connectivity index (χ4v) is 1.74. The largest absolute Gasteiger partial charge is 0.469 e. The number of carbonyl (C=O) groups is 1. The van der Waals surface area contributed by atoms with Crippen molar-refractivity contribution in [1.29, 1.82) is 0 Å². The Kier molecular flexibility index (Phi) is 4.06. The Labute approximate surface area is 95.1 Å². The number of aromatic nitrogens is 2. The Morgan fingerprint density at radius 2 is 2.19 bits per heavy atom. The van der Waals surface area contributed by atoms with Crippen molar-refractivity contribution in [3.05, 3.63) is 18.2 Å². The summed E-state index contributed by atoms with van der Waals surface area (Å²) >= 11 is 0. The van der Waals surface area contributed by atoms with E-state index in [0.29, 0.717) is 5.69 Å². The summed E-state index contributed by atoms with van der Waals surface area (Å²) in [6.07, 6.45) is 2.26. The van der Waals surface area contributed by atoms with Crippen LogP contribution in [0.5, 0.6) is 0 Å². The predicted molar refractivity (Wildman–Crippen MR) is 58.5 cm³/mol. The number of esters is 1. The number of aliphatic hydroxyl groups excluding tert-OH is 1. The molecular weight excluding hydrogens is 208 g/mol. The van der Waals surface area contributed by atoms with Crippen molar-refractivity contribution in [3.63, 3.8) is 0 Å². The van der Waals surface area contributed by atoms with Crippen molar-refractivity contribution in [2.75, 3.05) is 7.11 Å². The van der Waals surface area contributed by atoms with Crippen molar-refractivity contribution in [2.24, 2.45) is 18.9 Å². The molecule has 0 aliphatic carbocycles. The molecule has 0 bridgehead atoms. The van der Waals surface area contributed by atoms with Gasteiger partial charge in [-0.2, -0.15) is 0 Å². The molecule has 0 aromatic carbocycles. The van der Waals surface area contributed by atoms with Crippen LogP contribution >= 0.6 is 0 Å². The highest BCUT2D eigenvalue weighted by Crippen LogP contribution is 2.28. The van der Waals surface area contributed by atoms with Gasteiger partial charge in [-0.3, -0.25) is 4.79 Å². The average molecular weight is 226 g/mol. The van der Waals surface area contributed by atoms with Crippen LogP contribution in [0.15, 0.2) is 12.5 Å². The van der Waals surface area contributed by atoms with Gasteiger partial charge < -0.3 is 14.4 Å². The molecular formula is C11H18N2O3. The number of carbonyl (C=O) groups excluding carboxylic acids is 1. The summed E-state index contributed by atoms with van der Waals surface area (Å²) in [5, 5.41) is 10.2. The van der Waals surface area contributed by atoms with E-state index in [-0.39, 0.29) is 5.92 Å². The molecule has 1 N–H and O–H groups in total. The predicted octanol–water partition coefficient (Wildman–Crippen LogP) is 0.899. The molecule has 0 saturated carbocycles. The van der Waals surface area contributed by atoms with Gasteiger partial charge in [0.1, 0.15) is 6.10 Å². The molecule has 0 spiro atoms. The van der Waals surface area contributed by atoms with Crippen molar-refractivity contribution < 1.29 is 14.6 Å². The molecule has 2 atom stereocenters. The molecule has 90 valence electrons. The minimum absolute atomic E-state index is 0.00245. The molecule has 2 unspecified atom stereocenters. The second-order valence-corrected chi connectivity index (χ2v) is 4.17. The van der Waals surface area contributed by atoms with Gasteiger partial charge in [-0.1, -0.05) is 13.8 Å². The molecule has 0 amide bonds. The van der Waals surface area contributed by atoms with Crippen molar-refractivity contribution in [1.82, 2.24) is 9.55 Å². The summed E-state index contributed by atoms with van der Waals surface area (Å²) in [4.78, 5) is 15.5. The minimum Gasteiger partial charge on any atom is -0.469 e. The van der Waals surface area contributed by atoms with Gasteiger partial charge in [0.05, 0.1) is 31.2 Å². The second-order valence-electron chi connectivity index (χ2n) is 4.17. The smallest absolute Gasteiger partial charge is 0.311 e. The molecule has 16 heavy (non-hydrogen) atoms. The van der Waals surface area contributed by atoms with Crippen LogP contribution in [0.1, 0.15) is 25.6 Å². The molecule has 1 heterocycles. The highest BCUT2D eigenvalue weighted by Gasteiger charge is 2.33. The summed E-state index contributed by atoms with van der Waals surface area (Å²) in [5.41, 5.74) is 0.615. The first-order valence-electron chi connectivity index (χ1n) is 5.21. The zero-order chi connectivity index (χ0) is 12.3. The number of methoxy groups -OCH3 is 1. The van der Waals surface area contributed by atoms with E-state index in [9.17, 15) is 9.90 Å². The van der Waals surface area contributed by atoms with E-state index in [0.717, 1.165) is 0 Å². The third kappa shape index (κ3) is 2.41. The molecule has 5 heteroatoms. The average Bonchev–Trinajstić information content (AvgIpc) is 2.63. The van der Waals surface area contributed by atoms with E-state index < -0.39 is 18.0 Å². The monoisotopic (exact) mass is 226 g/mol. The van der Waals surface area contributed by atoms with Crippen LogP contribution in [0.25, 0.3) is 0 Å². The number of aryl methyl sites for hydroxylation is 1. The SMILES string of the molecule is COC(=O)C(C(C)C)C(O)c1cncn1C. The lowest BCUT2D eigenvalue weighted by Crippen LogP contribution is -2.29. The molecule has 0 fully saturated rings. The molecule has 0 saturated heterocycles. The Bertz CT molecular complexity index is 360. The van der Waals surface area contributed by atoms with Gasteiger partial charge in [-0.15, -0.1) is 0 Å².